The fourth-order valence-electron chi connectivity index (χ4n) is 6.74. The van der Waals surface area contributed by atoms with E-state index >= 15 is 0 Å². The number of carbonyl (C=O) groups is 2. The maximum Gasteiger partial charge on any atom is 0.416 e. The Labute approximate surface area is 286 Å². The van der Waals surface area contributed by atoms with Gasteiger partial charge in [0.05, 0.1) is 52.5 Å². The molecule has 0 aliphatic carbocycles. The van der Waals surface area contributed by atoms with E-state index in [0.29, 0.717) is 25.3 Å². The Balaban J connectivity index is 1.26. The highest BCUT2D eigenvalue weighted by Crippen LogP contribution is 2.48. The van der Waals surface area contributed by atoms with Crippen LogP contribution in [0, 0.1) is 6.92 Å². The van der Waals surface area contributed by atoms with Crippen molar-refractivity contribution >= 4 is 40.5 Å². The number of carbonyl (C=O) groups excluding carboxylic acids is 2. The molecule has 1 spiro atoms. The zero-order valence-corrected chi connectivity index (χ0v) is 27.5. The Kier molecular flexibility index (Phi) is 8.39. The summed E-state index contributed by atoms with van der Waals surface area (Å²) in [5.41, 5.74) is -1.09. The highest BCUT2D eigenvalue weighted by molar-refractivity contribution is 6.33. The van der Waals surface area contributed by atoms with E-state index in [1.165, 1.54) is 15.8 Å². The van der Waals surface area contributed by atoms with Crippen LogP contribution in [0.15, 0.2) is 35.4 Å². The number of halogens is 4. The molecule has 7 rings (SSSR count). The van der Waals surface area contributed by atoms with Crippen molar-refractivity contribution in [2.24, 2.45) is 0 Å². The molecule has 0 bridgehead atoms. The van der Waals surface area contributed by atoms with Gasteiger partial charge in [0, 0.05) is 13.1 Å². The molecule has 6 heterocycles. The number of nitrogens with zero attached hydrogens (tertiary/aromatic N) is 7. The first-order chi connectivity index (χ1) is 23.8. The first kappa shape index (κ1) is 33.6. The Morgan fingerprint density at radius 1 is 1.20 bits per heavy atom. The maximum atomic E-state index is 14.3. The molecule has 3 aliphatic rings. The van der Waals surface area contributed by atoms with E-state index in [0.717, 1.165) is 28.3 Å². The number of alkyl halides is 3. The predicted octanol–water partition coefficient (Wildman–Crippen LogP) is 4.03. The van der Waals surface area contributed by atoms with Crippen LogP contribution in [0.3, 0.4) is 0 Å². The Morgan fingerprint density at radius 2 is 1.96 bits per heavy atom. The number of hydrogen-bond donors (Lipinski definition) is 2. The van der Waals surface area contributed by atoms with E-state index in [-0.39, 0.29) is 70.9 Å². The van der Waals surface area contributed by atoms with Gasteiger partial charge in [-0.2, -0.15) is 22.7 Å². The summed E-state index contributed by atoms with van der Waals surface area (Å²) in [4.78, 5) is 55.2. The van der Waals surface area contributed by atoms with Gasteiger partial charge < -0.3 is 29.4 Å². The summed E-state index contributed by atoms with van der Waals surface area (Å²) in [5, 5.41) is 17.2. The van der Waals surface area contributed by atoms with Gasteiger partial charge in [0.15, 0.2) is 17.3 Å². The average Bonchev–Trinajstić information content (AvgIpc) is 3.65. The predicted molar refractivity (Wildman–Crippen MR) is 170 cm³/mol. The molecular formula is C32H30ClF3N8O6. The number of piperidine rings is 1. The lowest BCUT2D eigenvalue weighted by Gasteiger charge is -2.39. The summed E-state index contributed by atoms with van der Waals surface area (Å²) < 4.78 is 54.2. The highest BCUT2D eigenvalue weighted by atomic mass is 35.5. The van der Waals surface area contributed by atoms with Gasteiger partial charge in [-0.3, -0.25) is 14.4 Å². The first-order valence-electron chi connectivity index (χ1n) is 15.7. The molecule has 2 amide bonds. The fraction of sp³-hybridized carbons (Fsp3) is 0.406. The van der Waals surface area contributed by atoms with Gasteiger partial charge in [-0.25, -0.2) is 9.97 Å². The number of anilines is 1. The van der Waals surface area contributed by atoms with Gasteiger partial charge >= 0.3 is 6.18 Å². The van der Waals surface area contributed by atoms with E-state index in [9.17, 15) is 32.7 Å². The summed E-state index contributed by atoms with van der Waals surface area (Å²) in [6.45, 7) is 3.99. The minimum atomic E-state index is -4.62. The molecule has 1 saturated heterocycles. The van der Waals surface area contributed by atoms with Crippen molar-refractivity contribution < 1.29 is 37.3 Å². The number of amides is 2. The molecule has 18 heteroatoms. The number of aromatic nitrogens is 6. The van der Waals surface area contributed by atoms with Crippen LogP contribution in [0.5, 0.6) is 5.75 Å². The second-order valence-corrected chi connectivity index (χ2v) is 12.7. The lowest BCUT2D eigenvalue weighted by Crippen LogP contribution is -2.47. The van der Waals surface area contributed by atoms with Crippen LogP contribution in [0.4, 0.5) is 18.9 Å². The van der Waals surface area contributed by atoms with Crippen molar-refractivity contribution in [3.63, 3.8) is 0 Å². The monoisotopic (exact) mass is 714 g/mol. The topological polar surface area (TPSA) is 166 Å². The second-order valence-electron chi connectivity index (χ2n) is 12.3. The third-order valence-electron chi connectivity index (χ3n) is 9.22. The normalized spacial score (nSPS) is 18.7. The zero-order valence-electron chi connectivity index (χ0n) is 26.8. The highest BCUT2D eigenvalue weighted by Gasteiger charge is 2.50. The van der Waals surface area contributed by atoms with Crippen LogP contribution in [0.2, 0.25) is 5.02 Å². The number of rotatable bonds is 5. The summed E-state index contributed by atoms with van der Waals surface area (Å²) in [5.74, 6) is -1.10. The third-order valence-corrected chi connectivity index (χ3v) is 9.53. The van der Waals surface area contributed by atoms with E-state index in [1.54, 1.807) is 13.8 Å². The van der Waals surface area contributed by atoms with Crippen LogP contribution >= 0.6 is 11.6 Å². The molecule has 1 aromatic carbocycles. The standard InChI is InChI=1S/C32H30ClF3N8O6/c1-16-26(46)24(38-15-37-16)29(48)42-9-7-31(8-10-42)23-25(17(2)50-31)43(14-22(45)39-21-4-3-19(13-20(21)33)32(34,35)36)30-40-27(41-44(30)28(23)47)18-5-11-49-12-6-18/h3-5,13,15,17,46H,6-12,14H2,1-2H3,(H,39,45)/t17-/m1/s1. The smallest absolute Gasteiger partial charge is 0.416 e. The molecule has 262 valence electrons. The van der Waals surface area contributed by atoms with Gasteiger partial charge in [-0.05, 0) is 56.9 Å². The molecule has 4 aromatic rings. The third kappa shape index (κ3) is 5.78. The quantitative estimate of drug-likeness (QED) is 0.308. The molecule has 0 radical (unpaired) electrons. The summed E-state index contributed by atoms with van der Waals surface area (Å²) in [6.07, 6.45) is -1.39. The first-order valence-corrected chi connectivity index (χ1v) is 16.1. The number of aryl methyl sites for hydroxylation is 1. The van der Waals surface area contributed by atoms with Crippen molar-refractivity contribution in [3.8, 4) is 5.75 Å². The number of hydrogen-bond acceptors (Lipinski definition) is 10. The van der Waals surface area contributed by atoms with Crippen molar-refractivity contribution in [2.75, 3.05) is 31.6 Å². The Morgan fingerprint density at radius 3 is 2.64 bits per heavy atom. The molecule has 3 aromatic heterocycles. The molecule has 1 atom stereocenters. The molecule has 3 aliphatic heterocycles. The number of nitrogens with one attached hydrogen (secondary N) is 1. The fourth-order valence-corrected chi connectivity index (χ4v) is 6.97. The van der Waals surface area contributed by atoms with Gasteiger partial charge in [-0.15, -0.1) is 5.10 Å². The van der Waals surface area contributed by atoms with Gasteiger partial charge in [0.1, 0.15) is 18.5 Å². The Bertz CT molecular complexity index is 2140. The summed E-state index contributed by atoms with van der Waals surface area (Å²) in [7, 11) is 0. The molecule has 0 unspecified atom stereocenters. The van der Waals surface area contributed by atoms with E-state index in [4.69, 9.17) is 21.1 Å². The van der Waals surface area contributed by atoms with Crippen molar-refractivity contribution in [2.45, 2.75) is 57.5 Å². The van der Waals surface area contributed by atoms with Crippen LogP contribution in [0.1, 0.15) is 71.1 Å². The molecule has 1 fully saturated rings. The summed E-state index contributed by atoms with van der Waals surface area (Å²) in [6, 6.07) is 2.61. The van der Waals surface area contributed by atoms with Crippen molar-refractivity contribution in [1.82, 2.24) is 34.0 Å². The SMILES string of the molecule is Cc1ncnc(C(=O)N2CCC3(CC2)O[C@H](C)c2c3c(=O)n3nc(C4=CCOCC4)nc3n2CC(=O)Nc2ccc(C(F)(F)F)cc2Cl)c1O. The maximum absolute atomic E-state index is 14.3. The lowest BCUT2D eigenvalue weighted by molar-refractivity contribution is -0.137. The summed E-state index contributed by atoms with van der Waals surface area (Å²) >= 11 is 6.12. The van der Waals surface area contributed by atoms with Crippen LogP contribution in [0.25, 0.3) is 11.4 Å². The largest absolute Gasteiger partial charge is 0.504 e. The minimum absolute atomic E-state index is 0.0318. The number of ether oxygens (including phenoxy) is 2. The van der Waals surface area contributed by atoms with E-state index < -0.39 is 47.4 Å². The van der Waals surface area contributed by atoms with Gasteiger partial charge in [0.2, 0.25) is 11.7 Å². The molecule has 2 N–H and O–H groups in total. The number of likely N-dealkylation sites (tertiary alicyclic amines) is 1. The molecule has 50 heavy (non-hydrogen) atoms. The van der Waals surface area contributed by atoms with Crippen LogP contribution < -0.4 is 10.9 Å². The molecular weight excluding hydrogens is 685 g/mol. The van der Waals surface area contributed by atoms with Crippen LogP contribution in [-0.4, -0.2) is 77.3 Å². The number of benzene rings is 1. The average molecular weight is 715 g/mol. The van der Waals surface area contributed by atoms with E-state index in [2.05, 4.69) is 25.4 Å². The Hall–Kier alpha value is -4.87. The van der Waals surface area contributed by atoms with Gasteiger partial charge in [0.25, 0.3) is 11.5 Å². The van der Waals surface area contributed by atoms with Crippen LogP contribution in [-0.2, 0) is 32.6 Å². The second kappa shape index (κ2) is 12.5. The van der Waals surface area contributed by atoms with E-state index in [1.807, 2.05) is 6.08 Å². The number of aromatic hydroxyl groups is 1. The van der Waals surface area contributed by atoms with Crippen molar-refractivity contribution in [1.29, 1.82) is 0 Å². The molecule has 0 saturated carbocycles. The van der Waals surface area contributed by atoms with Crippen molar-refractivity contribution in [3.05, 3.63) is 80.0 Å². The number of fused-ring (bicyclic) bond motifs is 3. The molecule has 14 nitrogen and oxygen atoms in total. The van der Waals surface area contributed by atoms with Gasteiger partial charge in [-0.1, -0.05) is 17.7 Å². The zero-order chi connectivity index (χ0) is 35.5. The lowest BCUT2D eigenvalue weighted by atomic mass is 9.85. The minimum Gasteiger partial charge on any atom is -0.504 e.